The second-order valence-corrected chi connectivity index (χ2v) is 10.7. The summed E-state index contributed by atoms with van der Waals surface area (Å²) >= 11 is 0. The summed E-state index contributed by atoms with van der Waals surface area (Å²) in [6.07, 6.45) is 2.87. The van der Waals surface area contributed by atoms with Crippen LogP contribution >= 0.6 is 0 Å². The van der Waals surface area contributed by atoms with Crippen molar-refractivity contribution in [1.82, 2.24) is 9.62 Å². The molecule has 3 rings (SSSR count). The fourth-order valence-electron chi connectivity index (χ4n) is 4.15. The van der Waals surface area contributed by atoms with E-state index in [4.69, 9.17) is 4.74 Å². The number of carbonyl (C=O) groups excluding carboxylic acids is 1. The summed E-state index contributed by atoms with van der Waals surface area (Å²) < 4.78 is 33.0. The second-order valence-electron chi connectivity index (χ2n) is 8.76. The van der Waals surface area contributed by atoms with Gasteiger partial charge < -0.3 is 10.1 Å². The number of carbonyl (C=O) groups is 1. The summed E-state index contributed by atoms with van der Waals surface area (Å²) in [6.45, 7) is 10.9. The predicted molar refractivity (Wildman–Crippen MR) is 126 cm³/mol. The monoisotopic (exact) mass is 458 g/mol. The molecule has 7 heteroatoms. The largest absolute Gasteiger partial charge is 0.484 e. The summed E-state index contributed by atoms with van der Waals surface area (Å²) in [4.78, 5) is 12.7. The van der Waals surface area contributed by atoms with E-state index in [2.05, 4.69) is 31.3 Å². The highest BCUT2D eigenvalue weighted by Crippen LogP contribution is 2.26. The Balaban J connectivity index is 1.62. The van der Waals surface area contributed by atoms with Gasteiger partial charge in [-0.1, -0.05) is 18.6 Å². The molecule has 6 nitrogen and oxygen atoms in total. The lowest BCUT2D eigenvalue weighted by Crippen LogP contribution is -2.35. The third-order valence-electron chi connectivity index (χ3n) is 6.18. The first kappa shape index (κ1) is 24.3. The van der Waals surface area contributed by atoms with Gasteiger partial charge in [0.2, 0.25) is 10.0 Å². The molecule has 2 aromatic carbocycles. The number of amides is 1. The number of benzene rings is 2. The Morgan fingerprint density at radius 3 is 2.28 bits per heavy atom. The number of rotatable bonds is 7. The Labute approximate surface area is 192 Å². The van der Waals surface area contributed by atoms with Crippen molar-refractivity contribution < 1.29 is 17.9 Å². The molecule has 0 aromatic heterocycles. The maximum Gasteiger partial charge on any atom is 0.258 e. The number of aryl methyl sites for hydroxylation is 4. The van der Waals surface area contributed by atoms with Crippen molar-refractivity contribution in [2.45, 2.75) is 64.8 Å². The summed E-state index contributed by atoms with van der Waals surface area (Å²) in [5.74, 6) is 0.285. The Morgan fingerprint density at radius 1 is 0.969 bits per heavy atom. The number of hydrogen-bond acceptors (Lipinski definition) is 4. The number of nitrogens with one attached hydrogen (secondary N) is 1. The highest BCUT2D eigenvalue weighted by Gasteiger charge is 2.26. The van der Waals surface area contributed by atoms with E-state index in [1.807, 2.05) is 13.8 Å². The molecule has 1 aliphatic heterocycles. The SMILES string of the molecule is Cc1cc(C)c(C(C)NC(=O)COc2ccc(S(=O)(=O)N3CCCCC3)cc2C)cc1C. The van der Waals surface area contributed by atoms with Crippen LogP contribution in [0.1, 0.15) is 60.0 Å². The molecular weight excluding hydrogens is 424 g/mol. The van der Waals surface area contributed by atoms with E-state index in [1.165, 1.54) is 11.1 Å². The molecule has 1 atom stereocenters. The predicted octanol–water partition coefficient (Wildman–Crippen LogP) is 4.35. The molecule has 1 amide bonds. The molecule has 174 valence electrons. The van der Waals surface area contributed by atoms with E-state index in [0.29, 0.717) is 24.4 Å². The lowest BCUT2D eigenvalue weighted by molar-refractivity contribution is -0.123. The van der Waals surface area contributed by atoms with Gasteiger partial charge in [0.1, 0.15) is 5.75 Å². The molecule has 0 radical (unpaired) electrons. The minimum Gasteiger partial charge on any atom is -0.484 e. The fraction of sp³-hybridized carbons (Fsp3) is 0.480. The first-order valence-electron chi connectivity index (χ1n) is 11.2. The molecule has 0 aliphatic carbocycles. The molecular formula is C25H34N2O4S. The van der Waals surface area contributed by atoms with E-state index in [-0.39, 0.29) is 23.5 Å². The van der Waals surface area contributed by atoms with Crippen LogP contribution in [0.5, 0.6) is 5.75 Å². The van der Waals surface area contributed by atoms with Crippen LogP contribution in [0.4, 0.5) is 0 Å². The standard InChI is InChI=1S/C25H34N2O4S/c1-17-13-19(3)23(15-18(17)2)21(5)26-25(28)16-31-24-10-9-22(14-20(24)4)32(29,30)27-11-7-6-8-12-27/h9-10,13-15,21H,6-8,11-12,16H2,1-5H3,(H,26,28). The van der Waals surface area contributed by atoms with Crippen molar-refractivity contribution in [3.05, 3.63) is 58.1 Å². The lowest BCUT2D eigenvalue weighted by Gasteiger charge is -2.26. The molecule has 1 fully saturated rings. The normalized spacial score (nSPS) is 15.9. The molecule has 1 unspecified atom stereocenters. The van der Waals surface area contributed by atoms with Crippen molar-refractivity contribution in [1.29, 1.82) is 0 Å². The number of ether oxygens (including phenoxy) is 1. The maximum atomic E-state index is 12.9. The third-order valence-corrected chi connectivity index (χ3v) is 8.08. The molecule has 1 saturated heterocycles. The number of hydrogen-bond donors (Lipinski definition) is 1. The zero-order chi connectivity index (χ0) is 23.5. The summed E-state index contributed by atoms with van der Waals surface area (Å²) in [5, 5.41) is 2.99. The van der Waals surface area contributed by atoms with E-state index in [0.717, 1.165) is 30.4 Å². The van der Waals surface area contributed by atoms with Gasteiger partial charge >= 0.3 is 0 Å². The lowest BCUT2D eigenvalue weighted by atomic mass is 9.96. The van der Waals surface area contributed by atoms with Gasteiger partial charge in [-0.3, -0.25) is 4.79 Å². The smallest absolute Gasteiger partial charge is 0.258 e. The van der Waals surface area contributed by atoms with E-state index < -0.39 is 10.0 Å². The molecule has 32 heavy (non-hydrogen) atoms. The van der Waals surface area contributed by atoms with Gasteiger partial charge in [-0.25, -0.2) is 8.42 Å². The summed E-state index contributed by atoms with van der Waals surface area (Å²) in [7, 11) is -3.49. The highest BCUT2D eigenvalue weighted by atomic mass is 32.2. The van der Waals surface area contributed by atoms with Crippen LogP contribution in [0.3, 0.4) is 0 Å². The van der Waals surface area contributed by atoms with Crippen LogP contribution < -0.4 is 10.1 Å². The average Bonchev–Trinajstić information content (AvgIpc) is 2.75. The van der Waals surface area contributed by atoms with Crippen molar-refractivity contribution in [3.63, 3.8) is 0 Å². The first-order chi connectivity index (χ1) is 15.1. The number of nitrogens with zero attached hydrogens (tertiary/aromatic N) is 1. The maximum absolute atomic E-state index is 12.9. The molecule has 0 saturated carbocycles. The first-order valence-corrected chi connectivity index (χ1v) is 12.6. The molecule has 1 heterocycles. The van der Waals surface area contributed by atoms with Crippen LogP contribution in [0.2, 0.25) is 0 Å². The Hall–Kier alpha value is -2.38. The van der Waals surface area contributed by atoms with E-state index in [1.54, 1.807) is 29.4 Å². The van der Waals surface area contributed by atoms with E-state index >= 15 is 0 Å². The van der Waals surface area contributed by atoms with Crippen molar-refractivity contribution in [2.75, 3.05) is 19.7 Å². The van der Waals surface area contributed by atoms with Gasteiger partial charge in [-0.05, 0) is 93.5 Å². The van der Waals surface area contributed by atoms with Crippen LogP contribution in [-0.4, -0.2) is 38.3 Å². The zero-order valence-electron chi connectivity index (χ0n) is 19.7. The Bertz CT molecular complexity index is 1090. The second kappa shape index (κ2) is 10.0. The Morgan fingerprint density at radius 2 is 1.62 bits per heavy atom. The van der Waals surface area contributed by atoms with Crippen molar-refractivity contribution in [2.24, 2.45) is 0 Å². The fourth-order valence-corrected chi connectivity index (χ4v) is 5.75. The number of sulfonamides is 1. The summed E-state index contributed by atoms with van der Waals surface area (Å²) in [5.41, 5.74) is 5.34. The van der Waals surface area contributed by atoms with Crippen LogP contribution in [0.25, 0.3) is 0 Å². The van der Waals surface area contributed by atoms with Crippen LogP contribution in [0.15, 0.2) is 35.2 Å². The van der Waals surface area contributed by atoms with Gasteiger partial charge in [0, 0.05) is 13.1 Å². The van der Waals surface area contributed by atoms with Gasteiger partial charge in [-0.2, -0.15) is 4.31 Å². The van der Waals surface area contributed by atoms with Gasteiger partial charge in [-0.15, -0.1) is 0 Å². The zero-order valence-corrected chi connectivity index (χ0v) is 20.5. The molecule has 1 N–H and O–H groups in total. The molecule has 0 bridgehead atoms. The topological polar surface area (TPSA) is 75.7 Å². The van der Waals surface area contributed by atoms with Crippen molar-refractivity contribution >= 4 is 15.9 Å². The highest BCUT2D eigenvalue weighted by molar-refractivity contribution is 7.89. The van der Waals surface area contributed by atoms with Crippen molar-refractivity contribution in [3.8, 4) is 5.75 Å². The molecule has 1 aliphatic rings. The molecule has 0 spiro atoms. The third kappa shape index (κ3) is 5.51. The van der Waals surface area contributed by atoms with Gasteiger partial charge in [0.25, 0.3) is 5.91 Å². The minimum atomic E-state index is -3.49. The van der Waals surface area contributed by atoms with Crippen LogP contribution in [0, 0.1) is 27.7 Å². The minimum absolute atomic E-state index is 0.132. The van der Waals surface area contributed by atoms with Crippen LogP contribution in [-0.2, 0) is 14.8 Å². The quantitative estimate of drug-likeness (QED) is 0.669. The Kier molecular flexibility index (Phi) is 7.62. The molecule has 2 aromatic rings. The number of piperidine rings is 1. The van der Waals surface area contributed by atoms with Gasteiger partial charge in [0.05, 0.1) is 10.9 Å². The summed E-state index contributed by atoms with van der Waals surface area (Å²) in [6, 6.07) is 8.93. The average molecular weight is 459 g/mol. The van der Waals surface area contributed by atoms with E-state index in [9.17, 15) is 13.2 Å². The van der Waals surface area contributed by atoms with Gasteiger partial charge in [0.15, 0.2) is 6.61 Å².